The van der Waals surface area contributed by atoms with Crippen LogP contribution in [-0.2, 0) is 11.2 Å². The molecule has 1 aromatic heterocycles. The summed E-state index contributed by atoms with van der Waals surface area (Å²) in [6.45, 7) is 3.81. The van der Waals surface area contributed by atoms with Crippen molar-refractivity contribution in [1.29, 1.82) is 0 Å². The Balaban J connectivity index is 1.47. The van der Waals surface area contributed by atoms with Crippen molar-refractivity contribution in [3.05, 3.63) is 58.9 Å². The van der Waals surface area contributed by atoms with Crippen LogP contribution in [0.5, 0.6) is 5.75 Å². The molecule has 1 aliphatic carbocycles. The molecule has 1 saturated carbocycles. The predicted octanol–water partition coefficient (Wildman–Crippen LogP) is 4.89. The zero-order valence-corrected chi connectivity index (χ0v) is 17.7. The van der Waals surface area contributed by atoms with E-state index in [0.29, 0.717) is 11.8 Å². The summed E-state index contributed by atoms with van der Waals surface area (Å²) in [4.78, 5) is 19.9. The van der Waals surface area contributed by atoms with Crippen LogP contribution >= 0.6 is 0 Å². The maximum atomic E-state index is 12.9. The standard InChI is InChI=1S/C25H32N2O2/c1-18-14-20(15-19-9-11-23(29-2)12-10-19)16-24(26-18)22-8-5-13-27(17-22)25(28)21-6-3-4-7-21/h9-12,14,16,21-22H,3-8,13,15,17H2,1-2H3/t22-/m0/s1. The molecule has 2 aromatic rings. The average Bonchev–Trinajstić information content (AvgIpc) is 3.28. The second kappa shape index (κ2) is 8.98. The zero-order valence-electron chi connectivity index (χ0n) is 17.7. The minimum atomic E-state index is 0.268. The van der Waals surface area contributed by atoms with E-state index in [9.17, 15) is 4.79 Å². The number of methoxy groups -OCH3 is 1. The number of likely N-dealkylation sites (tertiary alicyclic amines) is 1. The van der Waals surface area contributed by atoms with Crippen LogP contribution in [0.25, 0.3) is 0 Å². The molecule has 1 amide bonds. The van der Waals surface area contributed by atoms with E-state index in [1.807, 2.05) is 12.1 Å². The van der Waals surface area contributed by atoms with E-state index in [1.165, 1.54) is 24.0 Å². The molecule has 0 bridgehead atoms. The molecule has 1 aromatic carbocycles. The topological polar surface area (TPSA) is 42.4 Å². The number of piperidine rings is 1. The smallest absolute Gasteiger partial charge is 0.225 e. The summed E-state index contributed by atoms with van der Waals surface area (Å²) in [7, 11) is 1.69. The van der Waals surface area contributed by atoms with Crippen molar-refractivity contribution < 1.29 is 9.53 Å². The van der Waals surface area contributed by atoms with Gasteiger partial charge in [0.25, 0.3) is 0 Å². The van der Waals surface area contributed by atoms with Crippen molar-refractivity contribution in [1.82, 2.24) is 9.88 Å². The van der Waals surface area contributed by atoms with Crippen LogP contribution in [0, 0.1) is 12.8 Å². The lowest BCUT2D eigenvalue weighted by atomic mass is 9.91. The van der Waals surface area contributed by atoms with Crippen LogP contribution < -0.4 is 4.74 Å². The number of amides is 1. The minimum Gasteiger partial charge on any atom is -0.497 e. The first kappa shape index (κ1) is 19.9. The molecule has 0 N–H and O–H groups in total. The number of hydrogen-bond donors (Lipinski definition) is 0. The van der Waals surface area contributed by atoms with Crippen LogP contribution in [0.15, 0.2) is 36.4 Å². The van der Waals surface area contributed by atoms with Crippen molar-refractivity contribution in [2.45, 2.75) is 57.8 Å². The van der Waals surface area contributed by atoms with Gasteiger partial charge in [0, 0.05) is 36.3 Å². The molecule has 4 heteroatoms. The number of pyridine rings is 1. The van der Waals surface area contributed by atoms with Crippen LogP contribution in [0.4, 0.5) is 0 Å². The van der Waals surface area contributed by atoms with Gasteiger partial charge in [-0.25, -0.2) is 0 Å². The Kier molecular flexibility index (Phi) is 6.17. The third kappa shape index (κ3) is 4.80. The highest BCUT2D eigenvalue weighted by molar-refractivity contribution is 5.79. The van der Waals surface area contributed by atoms with Crippen LogP contribution in [0.2, 0.25) is 0 Å². The fourth-order valence-corrected chi connectivity index (χ4v) is 4.91. The Hall–Kier alpha value is -2.36. The van der Waals surface area contributed by atoms with Gasteiger partial charge in [-0.2, -0.15) is 0 Å². The van der Waals surface area contributed by atoms with Gasteiger partial charge in [-0.3, -0.25) is 9.78 Å². The molecule has 2 aliphatic rings. The number of rotatable bonds is 5. The molecule has 29 heavy (non-hydrogen) atoms. The summed E-state index contributed by atoms with van der Waals surface area (Å²) in [5.74, 6) is 1.89. The van der Waals surface area contributed by atoms with Gasteiger partial charge in [-0.1, -0.05) is 25.0 Å². The Morgan fingerprint density at radius 2 is 1.83 bits per heavy atom. The summed E-state index contributed by atoms with van der Waals surface area (Å²) in [5, 5.41) is 0. The highest BCUT2D eigenvalue weighted by Crippen LogP contribution is 2.31. The Morgan fingerprint density at radius 3 is 2.55 bits per heavy atom. The molecule has 2 heterocycles. The molecule has 1 atom stereocenters. The van der Waals surface area contributed by atoms with Gasteiger partial charge in [0.15, 0.2) is 0 Å². The number of benzene rings is 1. The van der Waals surface area contributed by atoms with E-state index in [1.54, 1.807) is 7.11 Å². The van der Waals surface area contributed by atoms with E-state index in [2.05, 4.69) is 36.1 Å². The molecule has 0 unspecified atom stereocenters. The third-order valence-electron chi connectivity index (χ3n) is 6.46. The Labute approximate surface area is 174 Å². The molecule has 0 radical (unpaired) electrons. The van der Waals surface area contributed by atoms with Gasteiger partial charge >= 0.3 is 0 Å². The Morgan fingerprint density at radius 1 is 1.07 bits per heavy atom. The highest BCUT2D eigenvalue weighted by atomic mass is 16.5. The highest BCUT2D eigenvalue weighted by Gasteiger charge is 2.31. The quantitative estimate of drug-likeness (QED) is 0.728. The molecule has 2 fully saturated rings. The number of carbonyl (C=O) groups excluding carboxylic acids is 1. The largest absolute Gasteiger partial charge is 0.497 e. The zero-order chi connectivity index (χ0) is 20.2. The lowest BCUT2D eigenvalue weighted by Gasteiger charge is -2.34. The molecular weight excluding hydrogens is 360 g/mol. The molecule has 1 saturated heterocycles. The van der Waals surface area contributed by atoms with Gasteiger partial charge in [0.05, 0.1) is 7.11 Å². The first-order chi connectivity index (χ1) is 14.1. The first-order valence-electron chi connectivity index (χ1n) is 11.0. The molecule has 4 nitrogen and oxygen atoms in total. The van der Waals surface area contributed by atoms with E-state index in [0.717, 1.165) is 62.3 Å². The van der Waals surface area contributed by atoms with Crippen molar-refractivity contribution in [3.63, 3.8) is 0 Å². The third-order valence-corrected chi connectivity index (χ3v) is 6.46. The van der Waals surface area contributed by atoms with Crippen molar-refractivity contribution in [2.75, 3.05) is 20.2 Å². The summed E-state index contributed by atoms with van der Waals surface area (Å²) in [6.07, 6.45) is 7.66. The van der Waals surface area contributed by atoms with Gasteiger partial charge in [0.1, 0.15) is 5.75 Å². The fraction of sp³-hybridized carbons (Fsp3) is 0.520. The normalized spacial score (nSPS) is 20.1. The molecule has 4 rings (SSSR count). The van der Waals surface area contributed by atoms with Gasteiger partial charge in [-0.15, -0.1) is 0 Å². The van der Waals surface area contributed by atoms with Gasteiger partial charge < -0.3 is 9.64 Å². The van der Waals surface area contributed by atoms with Crippen LogP contribution in [-0.4, -0.2) is 36.0 Å². The monoisotopic (exact) mass is 392 g/mol. The number of hydrogen-bond acceptors (Lipinski definition) is 3. The number of nitrogens with zero attached hydrogens (tertiary/aromatic N) is 2. The van der Waals surface area contributed by atoms with Crippen molar-refractivity contribution in [2.24, 2.45) is 5.92 Å². The van der Waals surface area contributed by atoms with Crippen molar-refractivity contribution >= 4 is 5.91 Å². The van der Waals surface area contributed by atoms with Crippen LogP contribution in [0.1, 0.15) is 67.0 Å². The lowest BCUT2D eigenvalue weighted by Crippen LogP contribution is -2.42. The average molecular weight is 393 g/mol. The summed E-state index contributed by atoms with van der Waals surface area (Å²) in [5.41, 5.74) is 4.77. The van der Waals surface area contributed by atoms with Crippen LogP contribution in [0.3, 0.4) is 0 Å². The first-order valence-corrected chi connectivity index (χ1v) is 11.0. The van der Waals surface area contributed by atoms with E-state index in [-0.39, 0.29) is 5.92 Å². The molecule has 0 spiro atoms. The molecule has 1 aliphatic heterocycles. The van der Waals surface area contributed by atoms with E-state index >= 15 is 0 Å². The van der Waals surface area contributed by atoms with Crippen molar-refractivity contribution in [3.8, 4) is 5.75 Å². The lowest BCUT2D eigenvalue weighted by molar-refractivity contribution is -0.136. The summed E-state index contributed by atoms with van der Waals surface area (Å²) in [6, 6.07) is 12.7. The second-order valence-electron chi connectivity index (χ2n) is 8.67. The Bertz CT molecular complexity index is 840. The summed E-state index contributed by atoms with van der Waals surface area (Å²) < 4.78 is 5.26. The number of carbonyl (C=O) groups is 1. The van der Waals surface area contributed by atoms with Gasteiger partial charge in [-0.05, 0) is 74.4 Å². The maximum Gasteiger partial charge on any atom is 0.225 e. The van der Waals surface area contributed by atoms with E-state index in [4.69, 9.17) is 9.72 Å². The minimum absolute atomic E-state index is 0.268. The van der Waals surface area contributed by atoms with Gasteiger partial charge in [0.2, 0.25) is 5.91 Å². The van der Waals surface area contributed by atoms with E-state index < -0.39 is 0 Å². The maximum absolute atomic E-state index is 12.9. The fourth-order valence-electron chi connectivity index (χ4n) is 4.91. The summed E-state index contributed by atoms with van der Waals surface area (Å²) >= 11 is 0. The SMILES string of the molecule is COc1ccc(Cc2cc(C)nc([C@H]3CCCN(C(=O)C4CCCC4)C3)c2)cc1. The number of ether oxygens (including phenoxy) is 1. The second-order valence-corrected chi connectivity index (χ2v) is 8.67. The number of aryl methyl sites for hydroxylation is 1. The number of aromatic nitrogens is 1. The molecule has 154 valence electrons. The predicted molar refractivity (Wildman–Crippen MR) is 115 cm³/mol. The molecular formula is C25H32N2O2.